The van der Waals surface area contributed by atoms with Gasteiger partial charge in [-0.05, 0) is 39.1 Å². The van der Waals surface area contributed by atoms with Crippen LogP contribution in [0.5, 0.6) is 5.75 Å². The fraction of sp³-hybridized carbons (Fsp3) is 0.533. The number of benzene rings is 1. The molecule has 0 aliphatic carbocycles. The maximum atomic E-state index is 12.0. The molecule has 2 rings (SSSR count). The van der Waals surface area contributed by atoms with Crippen molar-refractivity contribution in [3.63, 3.8) is 0 Å². The second kappa shape index (κ2) is 6.57. The molecular weight excluding hydrogens is 240 g/mol. The van der Waals surface area contributed by atoms with Crippen LogP contribution in [0.1, 0.15) is 12.8 Å². The van der Waals surface area contributed by atoms with Crippen LogP contribution in [-0.2, 0) is 4.79 Å². The number of hydrogen-bond donors (Lipinski definition) is 0. The van der Waals surface area contributed by atoms with E-state index in [9.17, 15) is 4.79 Å². The molecule has 0 N–H and O–H groups in total. The Morgan fingerprint density at radius 1 is 1.26 bits per heavy atom. The van der Waals surface area contributed by atoms with Crippen LogP contribution in [0.25, 0.3) is 0 Å². The number of carbonyl (C=O) groups is 1. The Kier molecular flexibility index (Phi) is 4.80. The molecule has 0 spiro atoms. The van der Waals surface area contributed by atoms with E-state index in [1.165, 1.54) is 0 Å². The van der Waals surface area contributed by atoms with Crippen molar-refractivity contribution >= 4 is 5.91 Å². The third kappa shape index (κ3) is 3.96. The fourth-order valence-electron chi connectivity index (χ4n) is 2.38. The van der Waals surface area contributed by atoms with Gasteiger partial charge in [-0.25, -0.2) is 0 Å². The van der Waals surface area contributed by atoms with Crippen LogP contribution in [0, 0.1) is 0 Å². The van der Waals surface area contributed by atoms with Gasteiger partial charge in [-0.15, -0.1) is 0 Å². The summed E-state index contributed by atoms with van der Waals surface area (Å²) >= 11 is 0. The molecule has 4 heteroatoms. The lowest BCUT2D eigenvalue weighted by Crippen LogP contribution is -2.45. The van der Waals surface area contributed by atoms with Crippen molar-refractivity contribution in [3.8, 4) is 5.75 Å². The molecule has 1 aliphatic heterocycles. The van der Waals surface area contributed by atoms with Gasteiger partial charge < -0.3 is 14.5 Å². The minimum absolute atomic E-state index is 0.0843. The summed E-state index contributed by atoms with van der Waals surface area (Å²) in [6.45, 7) is 1.80. The van der Waals surface area contributed by atoms with Gasteiger partial charge in [0.25, 0.3) is 5.91 Å². The van der Waals surface area contributed by atoms with Crippen molar-refractivity contribution in [2.24, 2.45) is 0 Å². The van der Waals surface area contributed by atoms with E-state index in [0.29, 0.717) is 6.04 Å². The lowest BCUT2D eigenvalue weighted by Gasteiger charge is -2.35. The Balaban J connectivity index is 1.76. The summed E-state index contributed by atoms with van der Waals surface area (Å²) in [5.41, 5.74) is 0. The van der Waals surface area contributed by atoms with Crippen molar-refractivity contribution in [2.45, 2.75) is 18.9 Å². The molecule has 1 heterocycles. The van der Waals surface area contributed by atoms with Crippen LogP contribution in [0.2, 0.25) is 0 Å². The number of carbonyl (C=O) groups excluding carboxylic acids is 1. The van der Waals surface area contributed by atoms with Crippen LogP contribution in [0.4, 0.5) is 0 Å². The first kappa shape index (κ1) is 13.9. The number of ether oxygens (including phenoxy) is 1. The highest BCUT2D eigenvalue weighted by Gasteiger charge is 2.23. The molecule has 0 bridgehead atoms. The van der Waals surface area contributed by atoms with Crippen LogP contribution < -0.4 is 4.74 Å². The molecule has 0 unspecified atom stereocenters. The molecule has 1 saturated heterocycles. The molecule has 4 nitrogen and oxygen atoms in total. The summed E-state index contributed by atoms with van der Waals surface area (Å²) in [5.74, 6) is 0.833. The van der Waals surface area contributed by atoms with Crippen LogP contribution >= 0.6 is 0 Å². The molecule has 1 fully saturated rings. The minimum atomic E-state index is 0.0843. The van der Waals surface area contributed by atoms with E-state index < -0.39 is 0 Å². The Labute approximate surface area is 115 Å². The first-order valence-electron chi connectivity index (χ1n) is 6.79. The number of likely N-dealkylation sites (tertiary alicyclic amines) is 1. The van der Waals surface area contributed by atoms with Gasteiger partial charge in [0.1, 0.15) is 5.75 Å². The Hall–Kier alpha value is -1.55. The quantitative estimate of drug-likeness (QED) is 0.826. The molecule has 0 radical (unpaired) electrons. The van der Waals surface area contributed by atoms with E-state index in [1.54, 1.807) is 0 Å². The van der Waals surface area contributed by atoms with E-state index in [0.717, 1.165) is 31.7 Å². The van der Waals surface area contributed by atoms with Crippen molar-refractivity contribution < 1.29 is 9.53 Å². The zero-order valence-electron chi connectivity index (χ0n) is 11.7. The van der Waals surface area contributed by atoms with Gasteiger partial charge in [0, 0.05) is 19.1 Å². The average molecular weight is 262 g/mol. The first-order chi connectivity index (χ1) is 9.16. The third-order valence-electron chi connectivity index (χ3n) is 3.65. The number of amides is 1. The summed E-state index contributed by atoms with van der Waals surface area (Å²) < 4.78 is 5.49. The molecule has 1 aromatic rings. The lowest BCUT2D eigenvalue weighted by atomic mass is 10.0. The highest BCUT2D eigenvalue weighted by molar-refractivity contribution is 5.77. The summed E-state index contributed by atoms with van der Waals surface area (Å²) in [5, 5.41) is 0. The van der Waals surface area contributed by atoms with Gasteiger partial charge in [-0.3, -0.25) is 4.79 Å². The number of rotatable bonds is 4. The van der Waals surface area contributed by atoms with Crippen molar-refractivity contribution in [1.82, 2.24) is 9.80 Å². The van der Waals surface area contributed by atoms with Crippen LogP contribution in [-0.4, -0.2) is 55.5 Å². The average Bonchev–Trinajstić information content (AvgIpc) is 2.46. The monoisotopic (exact) mass is 262 g/mol. The maximum Gasteiger partial charge on any atom is 0.260 e. The number of hydrogen-bond acceptors (Lipinski definition) is 3. The minimum Gasteiger partial charge on any atom is -0.484 e. The van der Waals surface area contributed by atoms with Crippen LogP contribution in [0.3, 0.4) is 0 Å². The van der Waals surface area contributed by atoms with Gasteiger partial charge in [-0.2, -0.15) is 0 Å². The predicted octanol–water partition coefficient (Wildman–Crippen LogP) is 1.62. The molecule has 0 atom stereocenters. The van der Waals surface area contributed by atoms with Crippen molar-refractivity contribution in [1.29, 1.82) is 0 Å². The van der Waals surface area contributed by atoms with E-state index in [1.807, 2.05) is 35.2 Å². The van der Waals surface area contributed by atoms with Crippen LogP contribution in [0.15, 0.2) is 30.3 Å². The summed E-state index contributed by atoms with van der Waals surface area (Å²) in [6, 6.07) is 10.1. The van der Waals surface area contributed by atoms with Gasteiger partial charge in [0.15, 0.2) is 6.61 Å². The van der Waals surface area contributed by atoms with Gasteiger partial charge in [0.2, 0.25) is 0 Å². The SMILES string of the molecule is CN(C)C1CCN(C(=O)COc2ccccc2)CC1. The first-order valence-corrected chi connectivity index (χ1v) is 6.79. The Morgan fingerprint density at radius 3 is 2.47 bits per heavy atom. The van der Waals surface area contributed by atoms with Crippen molar-refractivity contribution in [2.75, 3.05) is 33.8 Å². The molecule has 0 saturated carbocycles. The van der Waals surface area contributed by atoms with E-state index >= 15 is 0 Å². The standard InChI is InChI=1S/C15H22N2O2/c1-16(2)13-8-10-17(11-9-13)15(18)12-19-14-6-4-3-5-7-14/h3-7,13H,8-12H2,1-2H3. The van der Waals surface area contributed by atoms with E-state index in [-0.39, 0.29) is 12.5 Å². The Morgan fingerprint density at radius 2 is 1.89 bits per heavy atom. The second-order valence-corrected chi connectivity index (χ2v) is 5.18. The molecule has 104 valence electrons. The third-order valence-corrected chi connectivity index (χ3v) is 3.65. The zero-order valence-corrected chi connectivity index (χ0v) is 11.7. The largest absolute Gasteiger partial charge is 0.484 e. The fourth-order valence-corrected chi connectivity index (χ4v) is 2.38. The molecule has 19 heavy (non-hydrogen) atoms. The van der Waals surface area contributed by atoms with E-state index in [4.69, 9.17) is 4.74 Å². The highest BCUT2D eigenvalue weighted by Crippen LogP contribution is 2.15. The van der Waals surface area contributed by atoms with Gasteiger partial charge in [-0.1, -0.05) is 18.2 Å². The summed E-state index contributed by atoms with van der Waals surface area (Å²) in [4.78, 5) is 16.2. The Bertz CT molecular complexity index is 398. The van der Waals surface area contributed by atoms with Gasteiger partial charge >= 0.3 is 0 Å². The summed E-state index contributed by atoms with van der Waals surface area (Å²) in [6.07, 6.45) is 2.09. The lowest BCUT2D eigenvalue weighted by molar-refractivity contribution is -0.134. The summed E-state index contributed by atoms with van der Waals surface area (Å²) in [7, 11) is 4.20. The highest BCUT2D eigenvalue weighted by atomic mass is 16.5. The molecule has 1 amide bonds. The predicted molar refractivity (Wildman–Crippen MR) is 75.2 cm³/mol. The van der Waals surface area contributed by atoms with Crippen molar-refractivity contribution in [3.05, 3.63) is 30.3 Å². The second-order valence-electron chi connectivity index (χ2n) is 5.18. The number of piperidine rings is 1. The molecule has 0 aromatic heterocycles. The molecular formula is C15H22N2O2. The maximum absolute atomic E-state index is 12.0. The smallest absolute Gasteiger partial charge is 0.260 e. The molecule has 1 aromatic carbocycles. The van der Waals surface area contributed by atoms with Gasteiger partial charge in [0.05, 0.1) is 0 Å². The number of nitrogens with zero attached hydrogens (tertiary/aromatic N) is 2. The van der Waals surface area contributed by atoms with E-state index in [2.05, 4.69) is 19.0 Å². The number of para-hydroxylation sites is 1. The topological polar surface area (TPSA) is 32.8 Å². The zero-order chi connectivity index (χ0) is 13.7. The normalized spacial score (nSPS) is 16.7. The molecule has 1 aliphatic rings.